The number of hydrogen-bond donors (Lipinski definition) is 1. The van der Waals surface area contributed by atoms with E-state index in [1.807, 2.05) is 7.05 Å². The van der Waals surface area contributed by atoms with E-state index >= 15 is 0 Å². The van der Waals surface area contributed by atoms with Crippen LogP contribution in [-0.4, -0.2) is 25.3 Å². The Morgan fingerprint density at radius 2 is 1.68 bits per heavy atom. The highest BCUT2D eigenvalue weighted by Gasteiger charge is 2.31. The lowest BCUT2D eigenvalue weighted by atomic mass is 9.80. The van der Waals surface area contributed by atoms with E-state index in [-0.39, 0.29) is 17.8 Å². The van der Waals surface area contributed by atoms with Crippen LogP contribution >= 0.6 is 0 Å². The average molecular weight is 265 g/mol. The summed E-state index contributed by atoms with van der Waals surface area (Å²) in [7, 11) is 2.02. The van der Waals surface area contributed by atoms with Crippen LogP contribution in [0, 0.1) is 11.2 Å². The lowest BCUT2D eigenvalue weighted by Crippen LogP contribution is -2.38. The second kappa shape index (κ2) is 6.38. The lowest BCUT2D eigenvalue weighted by molar-refractivity contribution is 0.113. The molecule has 1 fully saturated rings. The van der Waals surface area contributed by atoms with Gasteiger partial charge in [0.15, 0.2) is 0 Å². The van der Waals surface area contributed by atoms with Gasteiger partial charge in [-0.2, -0.15) is 0 Å². The number of aliphatic hydroxyl groups excluding tert-OH is 1. The predicted molar refractivity (Wildman–Crippen MR) is 76.9 cm³/mol. The van der Waals surface area contributed by atoms with Gasteiger partial charge in [-0.1, -0.05) is 25.7 Å². The minimum atomic E-state index is -0.205. The van der Waals surface area contributed by atoms with Crippen molar-refractivity contribution in [1.29, 1.82) is 0 Å². The van der Waals surface area contributed by atoms with Crippen LogP contribution in [-0.2, 0) is 0 Å². The predicted octanol–water partition coefficient (Wildman–Crippen LogP) is 3.59. The highest BCUT2D eigenvalue weighted by atomic mass is 19.1. The average Bonchev–Trinajstić information content (AvgIpc) is 2.65. The van der Waals surface area contributed by atoms with Crippen molar-refractivity contribution in [2.24, 2.45) is 5.41 Å². The molecule has 0 saturated heterocycles. The molecule has 0 amide bonds. The molecule has 1 aliphatic carbocycles. The Morgan fingerprint density at radius 3 is 2.21 bits per heavy atom. The summed E-state index contributed by atoms with van der Waals surface area (Å²) in [6.45, 7) is 1.09. The topological polar surface area (TPSA) is 23.5 Å². The summed E-state index contributed by atoms with van der Waals surface area (Å²) in [6.07, 6.45) is 7.16. The van der Waals surface area contributed by atoms with Crippen molar-refractivity contribution < 1.29 is 9.50 Å². The molecule has 106 valence electrons. The van der Waals surface area contributed by atoms with Gasteiger partial charge in [-0.05, 0) is 37.1 Å². The second-order valence-corrected chi connectivity index (χ2v) is 5.90. The maximum atomic E-state index is 12.9. The van der Waals surface area contributed by atoms with E-state index in [0.29, 0.717) is 0 Å². The lowest BCUT2D eigenvalue weighted by Gasteiger charge is -2.36. The van der Waals surface area contributed by atoms with Crippen molar-refractivity contribution >= 4 is 5.69 Å². The van der Waals surface area contributed by atoms with Crippen molar-refractivity contribution in [2.45, 2.75) is 38.5 Å². The molecule has 1 aliphatic rings. The molecule has 0 aromatic heterocycles. The van der Waals surface area contributed by atoms with Crippen molar-refractivity contribution in [2.75, 3.05) is 25.1 Å². The van der Waals surface area contributed by atoms with Crippen LogP contribution in [0.3, 0.4) is 0 Å². The minimum Gasteiger partial charge on any atom is -0.396 e. The van der Waals surface area contributed by atoms with E-state index in [2.05, 4.69) is 4.90 Å². The SMILES string of the molecule is CN(CC1(CO)CCCCCC1)c1ccc(F)cc1. The first-order valence-corrected chi connectivity index (χ1v) is 7.23. The first kappa shape index (κ1) is 14.3. The highest BCUT2D eigenvalue weighted by Crippen LogP contribution is 2.36. The van der Waals surface area contributed by atoms with Crippen molar-refractivity contribution in [3.63, 3.8) is 0 Å². The van der Waals surface area contributed by atoms with Crippen LogP contribution in [0.1, 0.15) is 38.5 Å². The molecule has 2 rings (SSSR count). The van der Waals surface area contributed by atoms with E-state index in [4.69, 9.17) is 0 Å². The molecule has 0 aliphatic heterocycles. The Kier molecular flexibility index (Phi) is 4.81. The summed E-state index contributed by atoms with van der Waals surface area (Å²) in [5.74, 6) is -0.205. The number of aliphatic hydroxyl groups is 1. The Hall–Kier alpha value is -1.09. The molecule has 19 heavy (non-hydrogen) atoms. The van der Waals surface area contributed by atoms with Gasteiger partial charge in [-0.15, -0.1) is 0 Å². The normalized spacial score (nSPS) is 18.9. The zero-order valence-electron chi connectivity index (χ0n) is 11.7. The van der Waals surface area contributed by atoms with Crippen LogP contribution in [0.4, 0.5) is 10.1 Å². The zero-order chi connectivity index (χ0) is 13.7. The number of rotatable bonds is 4. The maximum absolute atomic E-state index is 12.9. The number of halogens is 1. The Morgan fingerprint density at radius 1 is 1.11 bits per heavy atom. The smallest absolute Gasteiger partial charge is 0.123 e. The van der Waals surface area contributed by atoms with E-state index in [1.165, 1.54) is 37.8 Å². The molecule has 2 nitrogen and oxygen atoms in total. The van der Waals surface area contributed by atoms with Crippen molar-refractivity contribution in [1.82, 2.24) is 0 Å². The quantitative estimate of drug-likeness (QED) is 0.841. The summed E-state index contributed by atoms with van der Waals surface area (Å²) in [5.41, 5.74) is 1.03. The first-order valence-electron chi connectivity index (χ1n) is 7.23. The number of benzene rings is 1. The zero-order valence-corrected chi connectivity index (χ0v) is 11.7. The van der Waals surface area contributed by atoms with Gasteiger partial charge in [0.2, 0.25) is 0 Å². The molecule has 0 heterocycles. The molecule has 3 heteroatoms. The first-order chi connectivity index (χ1) is 9.15. The van der Waals surface area contributed by atoms with Crippen LogP contribution in [0.15, 0.2) is 24.3 Å². The van der Waals surface area contributed by atoms with Gasteiger partial charge in [0.1, 0.15) is 5.82 Å². The van der Waals surface area contributed by atoms with E-state index < -0.39 is 0 Å². The van der Waals surface area contributed by atoms with Gasteiger partial charge in [-0.25, -0.2) is 4.39 Å². The Bertz CT molecular complexity index is 382. The standard InChI is InChI=1S/C16H24FNO/c1-18(15-8-6-14(17)7-9-15)12-16(13-19)10-4-2-3-5-11-16/h6-9,19H,2-5,10-13H2,1H3. The molecule has 0 spiro atoms. The molecule has 1 aromatic rings. The summed E-state index contributed by atoms with van der Waals surface area (Å²) in [5, 5.41) is 9.82. The third kappa shape index (κ3) is 3.69. The molecule has 1 aromatic carbocycles. The van der Waals surface area contributed by atoms with Gasteiger partial charge in [0, 0.05) is 24.7 Å². The number of nitrogens with zero attached hydrogens (tertiary/aromatic N) is 1. The van der Waals surface area contributed by atoms with Crippen LogP contribution < -0.4 is 4.90 Å². The Labute approximate surface area is 115 Å². The highest BCUT2D eigenvalue weighted by molar-refractivity contribution is 5.45. The van der Waals surface area contributed by atoms with E-state index in [1.54, 1.807) is 12.1 Å². The molecule has 1 N–H and O–H groups in total. The van der Waals surface area contributed by atoms with Gasteiger partial charge >= 0.3 is 0 Å². The third-order valence-corrected chi connectivity index (χ3v) is 4.34. The fraction of sp³-hybridized carbons (Fsp3) is 0.625. The third-order valence-electron chi connectivity index (χ3n) is 4.34. The molecule has 1 saturated carbocycles. The Balaban J connectivity index is 2.06. The summed E-state index contributed by atoms with van der Waals surface area (Å²) in [4.78, 5) is 2.14. The van der Waals surface area contributed by atoms with Gasteiger partial charge in [-0.3, -0.25) is 0 Å². The number of hydrogen-bond acceptors (Lipinski definition) is 2. The van der Waals surface area contributed by atoms with Gasteiger partial charge in [0.25, 0.3) is 0 Å². The molecular weight excluding hydrogens is 241 g/mol. The second-order valence-electron chi connectivity index (χ2n) is 5.90. The van der Waals surface area contributed by atoms with E-state index in [9.17, 15) is 9.50 Å². The summed E-state index contributed by atoms with van der Waals surface area (Å²) < 4.78 is 12.9. The summed E-state index contributed by atoms with van der Waals surface area (Å²) in [6, 6.07) is 6.59. The van der Waals surface area contributed by atoms with Crippen molar-refractivity contribution in [3.8, 4) is 0 Å². The molecular formula is C16H24FNO. The molecule has 0 radical (unpaired) electrons. The van der Waals surface area contributed by atoms with Gasteiger partial charge in [0.05, 0.1) is 6.61 Å². The fourth-order valence-corrected chi connectivity index (χ4v) is 3.13. The van der Waals surface area contributed by atoms with Crippen LogP contribution in [0.5, 0.6) is 0 Å². The van der Waals surface area contributed by atoms with E-state index in [0.717, 1.165) is 25.1 Å². The molecule has 0 bridgehead atoms. The van der Waals surface area contributed by atoms with Crippen molar-refractivity contribution in [3.05, 3.63) is 30.1 Å². The minimum absolute atomic E-state index is 0.0135. The molecule has 0 unspecified atom stereocenters. The maximum Gasteiger partial charge on any atom is 0.123 e. The number of anilines is 1. The monoisotopic (exact) mass is 265 g/mol. The molecule has 0 atom stereocenters. The summed E-state index contributed by atoms with van der Waals surface area (Å²) >= 11 is 0. The fourth-order valence-electron chi connectivity index (χ4n) is 3.13. The largest absolute Gasteiger partial charge is 0.396 e. The van der Waals surface area contributed by atoms with Crippen LogP contribution in [0.2, 0.25) is 0 Å². The van der Waals surface area contributed by atoms with Crippen LogP contribution in [0.25, 0.3) is 0 Å². The van der Waals surface area contributed by atoms with Gasteiger partial charge < -0.3 is 10.0 Å².